The number of halogens is 2. The number of amides is 1. The average Bonchev–Trinajstić information content (AvgIpc) is 2.99. The fourth-order valence-corrected chi connectivity index (χ4v) is 4.12. The van der Waals surface area contributed by atoms with Gasteiger partial charge in [0.2, 0.25) is 15.9 Å². The first kappa shape index (κ1) is 23.0. The molecule has 1 heterocycles. The lowest BCUT2D eigenvalue weighted by Gasteiger charge is -2.25. The topological polar surface area (TPSA) is 84.9 Å². The van der Waals surface area contributed by atoms with Gasteiger partial charge in [0.15, 0.2) is 23.1 Å². The number of rotatable bonds is 7. The minimum Gasteiger partial charge on any atom is -0.490 e. The highest BCUT2D eigenvalue weighted by molar-refractivity contribution is 7.89. The lowest BCUT2D eigenvalue weighted by molar-refractivity contribution is -0.131. The largest absolute Gasteiger partial charge is 0.490 e. The number of nitrogens with one attached hydrogen (secondary N) is 1. The Morgan fingerprint density at radius 2 is 1.81 bits per heavy atom. The molecule has 10 heteroatoms. The number of benzene rings is 2. The van der Waals surface area contributed by atoms with E-state index in [9.17, 15) is 22.0 Å². The van der Waals surface area contributed by atoms with E-state index in [0.29, 0.717) is 36.7 Å². The Hall–Kier alpha value is -2.72. The quantitative estimate of drug-likeness (QED) is 0.695. The van der Waals surface area contributed by atoms with Crippen LogP contribution in [0, 0.1) is 11.6 Å². The van der Waals surface area contributed by atoms with Crippen LogP contribution in [0.4, 0.5) is 8.78 Å². The number of sulfonamides is 1. The molecular formula is C21H24F2N2O5S. The van der Waals surface area contributed by atoms with Crippen LogP contribution < -0.4 is 14.2 Å². The molecule has 0 saturated heterocycles. The van der Waals surface area contributed by atoms with Gasteiger partial charge in [-0.15, -0.1) is 0 Å². The second-order valence-electron chi connectivity index (χ2n) is 7.16. The summed E-state index contributed by atoms with van der Waals surface area (Å²) < 4.78 is 65.1. The van der Waals surface area contributed by atoms with E-state index in [-0.39, 0.29) is 23.8 Å². The highest BCUT2D eigenvalue weighted by Gasteiger charge is 2.21. The molecule has 2 aromatic carbocycles. The molecule has 168 valence electrons. The van der Waals surface area contributed by atoms with Crippen LogP contribution in [0.25, 0.3) is 0 Å². The summed E-state index contributed by atoms with van der Waals surface area (Å²) in [5.41, 5.74) is 0.433. The molecule has 1 amide bonds. The maximum atomic E-state index is 13.5. The van der Waals surface area contributed by atoms with Gasteiger partial charge in [-0.2, -0.15) is 0 Å². The summed E-state index contributed by atoms with van der Waals surface area (Å²) in [7, 11) is -2.34. The third kappa shape index (κ3) is 5.50. The second kappa shape index (κ2) is 9.61. The van der Waals surface area contributed by atoms with Crippen molar-refractivity contribution in [1.29, 1.82) is 0 Å². The Morgan fingerprint density at radius 3 is 2.52 bits per heavy atom. The predicted molar refractivity (Wildman–Crippen MR) is 109 cm³/mol. The molecule has 1 aliphatic heterocycles. The van der Waals surface area contributed by atoms with Crippen LogP contribution in [0.15, 0.2) is 41.3 Å². The molecule has 31 heavy (non-hydrogen) atoms. The maximum absolute atomic E-state index is 13.5. The van der Waals surface area contributed by atoms with Crippen LogP contribution in [-0.2, 0) is 14.8 Å². The monoisotopic (exact) mass is 454 g/mol. The SMILES string of the molecule is CC(c1ccc(F)c(F)c1)N(C)C(=O)CCNS(=O)(=O)c1ccc2c(c1)OCCCO2. The van der Waals surface area contributed by atoms with Gasteiger partial charge in [0, 0.05) is 32.5 Å². The minimum absolute atomic E-state index is 0.00714. The highest BCUT2D eigenvalue weighted by atomic mass is 32.2. The number of hydrogen-bond donors (Lipinski definition) is 1. The van der Waals surface area contributed by atoms with Crippen molar-refractivity contribution in [3.63, 3.8) is 0 Å². The third-order valence-corrected chi connectivity index (χ3v) is 6.52. The molecule has 1 N–H and O–H groups in total. The minimum atomic E-state index is -3.86. The number of carbonyl (C=O) groups excluding carboxylic acids is 1. The molecule has 3 rings (SSSR count). The van der Waals surface area contributed by atoms with Gasteiger partial charge < -0.3 is 14.4 Å². The highest BCUT2D eigenvalue weighted by Crippen LogP contribution is 2.31. The van der Waals surface area contributed by atoms with E-state index in [2.05, 4.69) is 4.72 Å². The van der Waals surface area contributed by atoms with E-state index < -0.39 is 27.7 Å². The van der Waals surface area contributed by atoms with E-state index >= 15 is 0 Å². The smallest absolute Gasteiger partial charge is 0.240 e. The molecular weight excluding hydrogens is 430 g/mol. The summed E-state index contributed by atoms with van der Waals surface area (Å²) in [6.07, 6.45) is 0.599. The molecule has 1 aliphatic rings. The van der Waals surface area contributed by atoms with Gasteiger partial charge in [-0.1, -0.05) is 6.07 Å². The van der Waals surface area contributed by atoms with Crippen molar-refractivity contribution in [3.05, 3.63) is 53.6 Å². The van der Waals surface area contributed by atoms with Crippen molar-refractivity contribution < 1.29 is 31.5 Å². The Bertz CT molecular complexity index is 1060. The summed E-state index contributed by atoms with van der Waals surface area (Å²) in [6, 6.07) is 7.27. The number of carbonyl (C=O) groups is 1. The molecule has 0 bridgehead atoms. The number of ether oxygens (including phenoxy) is 2. The fourth-order valence-electron chi connectivity index (χ4n) is 3.07. The van der Waals surface area contributed by atoms with E-state index in [1.54, 1.807) is 6.92 Å². The van der Waals surface area contributed by atoms with Crippen LogP contribution in [0.3, 0.4) is 0 Å². The van der Waals surface area contributed by atoms with Crippen molar-refractivity contribution in [3.8, 4) is 11.5 Å². The summed E-state index contributed by atoms with van der Waals surface area (Å²) in [5, 5.41) is 0. The first-order valence-corrected chi connectivity index (χ1v) is 11.3. The number of fused-ring (bicyclic) bond motifs is 1. The van der Waals surface area contributed by atoms with Crippen molar-refractivity contribution in [1.82, 2.24) is 9.62 Å². The van der Waals surface area contributed by atoms with Crippen molar-refractivity contribution >= 4 is 15.9 Å². The Balaban J connectivity index is 1.58. The van der Waals surface area contributed by atoms with Gasteiger partial charge in [0.1, 0.15) is 0 Å². The molecule has 0 fully saturated rings. The standard InChI is InChI=1S/C21H24F2N2O5S/c1-14(15-4-6-17(22)18(23)12-15)25(2)21(26)8-9-24-31(27,28)16-5-7-19-20(13-16)30-11-3-10-29-19/h4-7,12-14,24H,3,8-11H2,1-2H3. The van der Waals surface area contributed by atoms with Crippen LogP contribution in [0.1, 0.15) is 31.4 Å². The van der Waals surface area contributed by atoms with E-state index in [1.165, 1.54) is 36.2 Å². The van der Waals surface area contributed by atoms with Crippen molar-refractivity contribution in [2.24, 2.45) is 0 Å². The van der Waals surface area contributed by atoms with E-state index in [4.69, 9.17) is 9.47 Å². The Morgan fingerprint density at radius 1 is 1.10 bits per heavy atom. The molecule has 1 atom stereocenters. The average molecular weight is 454 g/mol. The summed E-state index contributed by atoms with van der Waals surface area (Å²) >= 11 is 0. The van der Waals surface area contributed by atoms with Gasteiger partial charge in [-0.25, -0.2) is 21.9 Å². The van der Waals surface area contributed by atoms with Crippen LogP contribution >= 0.6 is 0 Å². The van der Waals surface area contributed by atoms with Gasteiger partial charge in [0.25, 0.3) is 0 Å². The van der Waals surface area contributed by atoms with Crippen LogP contribution in [-0.4, -0.2) is 46.0 Å². The second-order valence-corrected chi connectivity index (χ2v) is 8.93. The van der Waals surface area contributed by atoms with E-state index in [1.807, 2.05) is 0 Å². The van der Waals surface area contributed by atoms with Gasteiger partial charge in [-0.3, -0.25) is 4.79 Å². The zero-order valence-electron chi connectivity index (χ0n) is 17.2. The van der Waals surface area contributed by atoms with Crippen molar-refractivity contribution in [2.45, 2.75) is 30.7 Å². The summed E-state index contributed by atoms with van der Waals surface area (Å²) in [6.45, 7) is 2.48. The van der Waals surface area contributed by atoms with Gasteiger partial charge in [-0.05, 0) is 36.8 Å². The normalized spacial score (nSPS) is 14.6. The van der Waals surface area contributed by atoms with E-state index in [0.717, 1.165) is 12.1 Å². The Kier molecular flexibility index (Phi) is 7.11. The van der Waals surface area contributed by atoms with Crippen molar-refractivity contribution in [2.75, 3.05) is 26.8 Å². The molecule has 0 aliphatic carbocycles. The molecule has 0 saturated carbocycles. The zero-order valence-corrected chi connectivity index (χ0v) is 18.0. The number of hydrogen-bond acceptors (Lipinski definition) is 5. The predicted octanol–water partition coefficient (Wildman–Crippen LogP) is 3.01. The lowest BCUT2D eigenvalue weighted by Crippen LogP contribution is -2.33. The molecule has 1 unspecified atom stereocenters. The van der Waals surface area contributed by atoms with Crippen LogP contribution in [0.5, 0.6) is 11.5 Å². The zero-order chi connectivity index (χ0) is 22.6. The first-order chi connectivity index (χ1) is 14.7. The third-order valence-electron chi connectivity index (χ3n) is 5.06. The van der Waals surface area contributed by atoms with Crippen LogP contribution in [0.2, 0.25) is 0 Å². The Labute approximate surface area is 180 Å². The lowest BCUT2D eigenvalue weighted by atomic mass is 10.1. The molecule has 2 aromatic rings. The molecule has 0 radical (unpaired) electrons. The fraction of sp³-hybridized carbons (Fsp3) is 0.381. The summed E-state index contributed by atoms with van der Waals surface area (Å²) in [4.78, 5) is 13.8. The van der Waals surface area contributed by atoms with Gasteiger partial charge >= 0.3 is 0 Å². The molecule has 0 spiro atoms. The number of nitrogens with zero attached hydrogens (tertiary/aromatic N) is 1. The summed E-state index contributed by atoms with van der Waals surface area (Å²) in [5.74, 6) is -1.46. The molecule has 0 aromatic heterocycles. The van der Waals surface area contributed by atoms with Gasteiger partial charge in [0.05, 0.1) is 24.2 Å². The molecule has 7 nitrogen and oxygen atoms in total. The first-order valence-electron chi connectivity index (χ1n) is 9.79. The maximum Gasteiger partial charge on any atom is 0.240 e.